The van der Waals surface area contributed by atoms with E-state index in [-0.39, 0.29) is 11.4 Å². The van der Waals surface area contributed by atoms with Crippen molar-refractivity contribution in [2.75, 3.05) is 0 Å². The first-order chi connectivity index (χ1) is 14.8. The first kappa shape index (κ1) is 26.4. The van der Waals surface area contributed by atoms with E-state index in [4.69, 9.17) is 4.74 Å². The van der Waals surface area contributed by atoms with Crippen LogP contribution in [0.25, 0.3) is 0 Å². The predicted molar refractivity (Wildman–Crippen MR) is 129 cm³/mol. The number of allylic oxidation sites excluding steroid dienone is 2. The van der Waals surface area contributed by atoms with Crippen LogP contribution in [0, 0.1) is 6.92 Å². The molecule has 0 spiro atoms. The van der Waals surface area contributed by atoms with Gasteiger partial charge in [-0.25, -0.2) is 0 Å². The van der Waals surface area contributed by atoms with Gasteiger partial charge in [-0.15, -0.1) is 0 Å². The Morgan fingerprint density at radius 2 is 1.91 bits per heavy atom. The van der Waals surface area contributed by atoms with Crippen molar-refractivity contribution < 1.29 is 25.2 Å². The molecule has 0 unspecified atom stereocenters. The van der Waals surface area contributed by atoms with Gasteiger partial charge >= 0.3 is 0 Å². The highest BCUT2D eigenvalue weighted by Gasteiger charge is 2.33. The average Bonchev–Trinajstić information content (AvgIpc) is 2.67. The molecule has 4 N–H and O–H groups in total. The highest BCUT2D eigenvalue weighted by molar-refractivity contribution is 5.47. The van der Waals surface area contributed by atoms with E-state index in [9.17, 15) is 20.4 Å². The molecule has 4 atom stereocenters. The minimum atomic E-state index is -0.925. The number of aromatic hydroxyl groups is 1. The summed E-state index contributed by atoms with van der Waals surface area (Å²) >= 11 is 0. The van der Waals surface area contributed by atoms with Crippen molar-refractivity contribution in [2.24, 2.45) is 0 Å². The van der Waals surface area contributed by atoms with Crippen molar-refractivity contribution >= 4 is 0 Å². The van der Waals surface area contributed by atoms with Gasteiger partial charge in [-0.1, -0.05) is 17.7 Å². The first-order valence-electron chi connectivity index (χ1n) is 11.7. The standard InChI is InChI=1S/C27H42O5/c1-18(2)15-23(29)24(30)19(3)9-7-11-26(5,31)12-8-13-27(6)14-10-21-17-22(28)16-20(4)25(21)32-27/h9,15-17,23-24,28-31H,7-8,10-14H2,1-6H3/b19-9+/t23-,24-,26+,27+/m0/s1. The molecule has 32 heavy (non-hydrogen) atoms. The summed E-state index contributed by atoms with van der Waals surface area (Å²) < 4.78 is 6.35. The van der Waals surface area contributed by atoms with Crippen LogP contribution in [0.2, 0.25) is 0 Å². The van der Waals surface area contributed by atoms with Gasteiger partial charge in [0.1, 0.15) is 29.3 Å². The maximum Gasteiger partial charge on any atom is 0.126 e. The minimum Gasteiger partial charge on any atom is -0.508 e. The van der Waals surface area contributed by atoms with Crippen molar-refractivity contribution in [1.82, 2.24) is 0 Å². The number of aliphatic hydroxyl groups is 3. The van der Waals surface area contributed by atoms with Gasteiger partial charge in [-0.3, -0.25) is 0 Å². The highest BCUT2D eigenvalue weighted by Crippen LogP contribution is 2.40. The van der Waals surface area contributed by atoms with E-state index in [0.717, 1.165) is 48.1 Å². The summed E-state index contributed by atoms with van der Waals surface area (Å²) in [6, 6.07) is 3.53. The van der Waals surface area contributed by atoms with Gasteiger partial charge in [0.2, 0.25) is 0 Å². The fourth-order valence-corrected chi connectivity index (χ4v) is 4.43. The molecule has 1 aromatic rings. The summed E-state index contributed by atoms with van der Waals surface area (Å²) in [5, 5.41) is 40.9. The van der Waals surface area contributed by atoms with Gasteiger partial charge in [-0.05, 0) is 115 Å². The summed E-state index contributed by atoms with van der Waals surface area (Å²) in [5.74, 6) is 1.17. The van der Waals surface area contributed by atoms with Crippen molar-refractivity contribution in [2.45, 2.75) is 110 Å². The number of phenolic OH excluding ortho intramolecular Hbond substituents is 1. The van der Waals surface area contributed by atoms with Gasteiger partial charge in [0.25, 0.3) is 0 Å². The first-order valence-corrected chi connectivity index (χ1v) is 11.7. The molecule has 0 bridgehead atoms. The molecular formula is C27H42O5. The highest BCUT2D eigenvalue weighted by atomic mass is 16.5. The van der Waals surface area contributed by atoms with E-state index in [1.54, 1.807) is 18.2 Å². The van der Waals surface area contributed by atoms with Crippen LogP contribution in [0.4, 0.5) is 0 Å². The minimum absolute atomic E-state index is 0.271. The molecule has 180 valence electrons. The van der Waals surface area contributed by atoms with Crippen LogP contribution >= 0.6 is 0 Å². The molecule has 1 aromatic carbocycles. The molecule has 0 amide bonds. The summed E-state index contributed by atoms with van der Waals surface area (Å²) in [5.41, 5.74) is 2.62. The Bertz CT molecular complexity index is 835. The van der Waals surface area contributed by atoms with E-state index in [0.29, 0.717) is 24.8 Å². The van der Waals surface area contributed by atoms with E-state index in [1.807, 2.05) is 40.7 Å². The molecule has 1 aliphatic heterocycles. The molecule has 0 saturated heterocycles. The van der Waals surface area contributed by atoms with E-state index in [2.05, 4.69) is 6.92 Å². The normalized spacial score (nSPS) is 22.3. The van der Waals surface area contributed by atoms with Crippen LogP contribution in [0.1, 0.15) is 84.3 Å². The molecule has 5 heteroatoms. The van der Waals surface area contributed by atoms with Crippen LogP contribution in [0.15, 0.2) is 35.4 Å². The number of benzene rings is 1. The molecule has 1 heterocycles. The summed E-state index contributed by atoms with van der Waals surface area (Å²) in [7, 11) is 0. The van der Waals surface area contributed by atoms with Gasteiger partial charge in [-0.2, -0.15) is 0 Å². The number of hydrogen-bond donors (Lipinski definition) is 4. The Kier molecular flexibility index (Phi) is 8.98. The lowest BCUT2D eigenvalue weighted by Crippen LogP contribution is -2.37. The number of phenols is 1. The van der Waals surface area contributed by atoms with Gasteiger partial charge in [0.15, 0.2) is 0 Å². The number of rotatable bonds is 10. The molecule has 0 aliphatic carbocycles. The van der Waals surface area contributed by atoms with Crippen molar-refractivity contribution in [3.63, 3.8) is 0 Å². The topological polar surface area (TPSA) is 90.2 Å². The van der Waals surface area contributed by atoms with E-state index < -0.39 is 17.8 Å². The summed E-state index contributed by atoms with van der Waals surface area (Å²) in [6.45, 7) is 11.5. The Balaban J connectivity index is 1.84. The van der Waals surface area contributed by atoms with Gasteiger partial charge in [0, 0.05) is 0 Å². The van der Waals surface area contributed by atoms with E-state index in [1.165, 1.54) is 0 Å². The second kappa shape index (κ2) is 10.9. The third-order valence-corrected chi connectivity index (χ3v) is 6.47. The Morgan fingerprint density at radius 1 is 1.22 bits per heavy atom. The Hall–Kier alpha value is -1.82. The number of aliphatic hydroxyl groups excluding tert-OH is 2. The van der Waals surface area contributed by atoms with Crippen LogP contribution in [0.3, 0.4) is 0 Å². The summed E-state index contributed by atoms with van der Waals surface area (Å²) in [6.07, 6.45) is 7.08. The van der Waals surface area contributed by atoms with Crippen molar-refractivity contribution in [3.05, 3.63) is 46.6 Å². The molecule has 2 rings (SSSR count). The molecule has 0 fully saturated rings. The number of aryl methyl sites for hydroxylation is 2. The second-order valence-corrected chi connectivity index (χ2v) is 10.3. The van der Waals surface area contributed by atoms with E-state index >= 15 is 0 Å². The average molecular weight is 447 g/mol. The molecule has 0 radical (unpaired) electrons. The predicted octanol–water partition coefficient (Wildman–Crippen LogP) is 5.12. The lowest BCUT2D eigenvalue weighted by Gasteiger charge is -2.37. The lowest BCUT2D eigenvalue weighted by molar-refractivity contribution is 0.0198. The number of ether oxygens (including phenoxy) is 1. The fraction of sp³-hybridized carbons (Fsp3) is 0.630. The van der Waals surface area contributed by atoms with Crippen molar-refractivity contribution in [3.8, 4) is 11.5 Å². The SMILES string of the molecule is CC(C)=C[C@H](O)[C@@H](O)/C(C)=C/CC[C@@](C)(O)CCC[C@]1(C)CCc2cc(O)cc(C)c2O1. The van der Waals surface area contributed by atoms with Gasteiger partial charge in [0.05, 0.1) is 5.60 Å². The number of hydrogen-bond acceptors (Lipinski definition) is 5. The molecule has 1 aliphatic rings. The monoisotopic (exact) mass is 446 g/mol. The number of fused-ring (bicyclic) bond motifs is 1. The third-order valence-electron chi connectivity index (χ3n) is 6.47. The van der Waals surface area contributed by atoms with Crippen molar-refractivity contribution in [1.29, 1.82) is 0 Å². The quantitative estimate of drug-likeness (QED) is 0.375. The van der Waals surface area contributed by atoms with Crippen LogP contribution in [-0.2, 0) is 6.42 Å². The van der Waals surface area contributed by atoms with Gasteiger partial charge < -0.3 is 25.2 Å². The lowest BCUT2D eigenvalue weighted by atomic mass is 9.85. The zero-order valence-corrected chi connectivity index (χ0v) is 20.6. The molecule has 0 saturated carbocycles. The third kappa shape index (κ3) is 7.65. The zero-order chi connectivity index (χ0) is 24.1. The Morgan fingerprint density at radius 3 is 2.56 bits per heavy atom. The fourth-order valence-electron chi connectivity index (χ4n) is 4.43. The summed E-state index contributed by atoms with van der Waals surface area (Å²) in [4.78, 5) is 0. The molecule has 0 aromatic heterocycles. The molecular weight excluding hydrogens is 404 g/mol. The van der Waals surface area contributed by atoms with Crippen LogP contribution in [-0.4, -0.2) is 43.8 Å². The smallest absolute Gasteiger partial charge is 0.126 e. The zero-order valence-electron chi connectivity index (χ0n) is 20.6. The van der Waals surface area contributed by atoms with Crippen LogP contribution in [0.5, 0.6) is 11.5 Å². The largest absolute Gasteiger partial charge is 0.508 e. The van der Waals surface area contributed by atoms with Crippen LogP contribution < -0.4 is 4.74 Å². The molecule has 5 nitrogen and oxygen atoms in total. The maximum atomic E-state index is 10.8. The Labute approximate surface area is 193 Å². The second-order valence-electron chi connectivity index (χ2n) is 10.3. The maximum absolute atomic E-state index is 10.8.